The quantitative estimate of drug-likeness (QED) is 0.752. The summed E-state index contributed by atoms with van der Waals surface area (Å²) in [4.78, 5) is 11.6. The second-order valence-corrected chi connectivity index (χ2v) is 5.94. The number of hydrogen-bond donors (Lipinski definition) is 2. The van der Waals surface area contributed by atoms with Crippen LogP contribution in [-0.2, 0) is 4.79 Å². The Morgan fingerprint density at radius 3 is 2.65 bits per heavy atom. The van der Waals surface area contributed by atoms with Crippen LogP contribution in [0.2, 0.25) is 0 Å². The highest BCUT2D eigenvalue weighted by atomic mass is 16.5. The zero-order chi connectivity index (χ0) is 15.0. The Labute approximate surface area is 121 Å². The summed E-state index contributed by atoms with van der Waals surface area (Å²) in [5.41, 5.74) is 1.22. The molecule has 0 heterocycles. The largest absolute Gasteiger partial charge is 0.492 e. The Morgan fingerprint density at radius 2 is 2.00 bits per heavy atom. The Balaban J connectivity index is 2.10. The number of hydrogen-bond acceptors (Lipinski definition) is 3. The van der Waals surface area contributed by atoms with Crippen molar-refractivity contribution in [2.24, 2.45) is 0 Å². The van der Waals surface area contributed by atoms with Crippen LogP contribution in [0.25, 0.3) is 0 Å². The summed E-state index contributed by atoms with van der Waals surface area (Å²) in [6.07, 6.45) is 0.488. The van der Waals surface area contributed by atoms with Crippen molar-refractivity contribution in [1.82, 2.24) is 10.6 Å². The maximum absolute atomic E-state index is 11.6. The average molecular weight is 278 g/mol. The minimum Gasteiger partial charge on any atom is -0.492 e. The molecule has 1 rings (SSSR count). The number of ether oxygens (including phenoxy) is 1. The van der Waals surface area contributed by atoms with Gasteiger partial charge in [0.25, 0.3) is 0 Å². The summed E-state index contributed by atoms with van der Waals surface area (Å²) in [7, 11) is 0. The van der Waals surface area contributed by atoms with E-state index in [0.29, 0.717) is 26.1 Å². The number of aryl methyl sites for hydroxylation is 1. The van der Waals surface area contributed by atoms with Crippen molar-refractivity contribution in [3.63, 3.8) is 0 Å². The van der Waals surface area contributed by atoms with E-state index < -0.39 is 0 Å². The van der Waals surface area contributed by atoms with Gasteiger partial charge >= 0.3 is 0 Å². The number of amides is 1. The lowest BCUT2D eigenvalue weighted by molar-refractivity contribution is -0.121. The van der Waals surface area contributed by atoms with E-state index in [4.69, 9.17) is 4.74 Å². The SMILES string of the molecule is Cc1cccc(OCCNC(=O)CCNC(C)(C)C)c1. The first-order valence-electron chi connectivity index (χ1n) is 7.08. The van der Waals surface area contributed by atoms with E-state index in [1.807, 2.05) is 31.2 Å². The van der Waals surface area contributed by atoms with Gasteiger partial charge in [-0.3, -0.25) is 4.79 Å². The van der Waals surface area contributed by atoms with Gasteiger partial charge in [0, 0.05) is 18.5 Å². The second kappa shape index (κ2) is 7.90. The third-order valence-electron chi connectivity index (χ3n) is 2.69. The second-order valence-electron chi connectivity index (χ2n) is 5.94. The fourth-order valence-corrected chi connectivity index (χ4v) is 1.70. The van der Waals surface area contributed by atoms with Gasteiger partial charge in [0.1, 0.15) is 12.4 Å². The molecule has 0 bridgehead atoms. The topological polar surface area (TPSA) is 50.4 Å². The number of carbonyl (C=O) groups is 1. The molecule has 0 spiro atoms. The summed E-state index contributed by atoms with van der Waals surface area (Å²) >= 11 is 0. The molecular formula is C16H26N2O2. The molecule has 0 aromatic heterocycles. The molecule has 0 fully saturated rings. The standard InChI is InChI=1S/C16H26N2O2/c1-13-6-5-7-14(12-13)20-11-10-17-15(19)8-9-18-16(2,3)4/h5-7,12,18H,8-11H2,1-4H3,(H,17,19). The molecule has 0 unspecified atom stereocenters. The van der Waals surface area contributed by atoms with Gasteiger partial charge in [0.05, 0.1) is 6.54 Å². The first-order chi connectivity index (χ1) is 9.37. The van der Waals surface area contributed by atoms with Crippen LogP contribution in [0.4, 0.5) is 0 Å². The van der Waals surface area contributed by atoms with Gasteiger partial charge in [-0.2, -0.15) is 0 Å². The molecule has 4 nitrogen and oxygen atoms in total. The van der Waals surface area contributed by atoms with Crippen molar-refractivity contribution in [3.8, 4) is 5.75 Å². The van der Waals surface area contributed by atoms with Gasteiger partial charge in [-0.1, -0.05) is 12.1 Å². The first-order valence-corrected chi connectivity index (χ1v) is 7.08. The monoisotopic (exact) mass is 278 g/mol. The van der Waals surface area contributed by atoms with Crippen LogP contribution in [0.15, 0.2) is 24.3 Å². The predicted molar refractivity (Wildman–Crippen MR) is 82.1 cm³/mol. The van der Waals surface area contributed by atoms with Crippen LogP contribution in [0, 0.1) is 6.92 Å². The first kappa shape index (κ1) is 16.5. The Morgan fingerprint density at radius 1 is 1.25 bits per heavy atom. The van der Waals surface area contributed by atoms with Crippen LogP contribution in [-0.4, -0.2) is 31.1 Å². The maximum atomic E-state index is 11.6. The van der Waals surface area contributed by atoms with Crippen molar-refractivity contribution in [2.45, 2.75) is 39.7 Å². The van der Waals surface area contributed by atoms with Crippen LogP contribution < -0.4 is 15.4 Å². The molecule has 0 aliphatic rings. The van der Waals surface area contributed by atoms with Crippen LogP contribution in [0.3, 0.4) is 0 Å². The third-order valence-corrected chi connectivity index (χ3v) is 2.69. The normalized spacial score (nSPS) is 11.2. The summed E-state index contributed by atoms with van der Waals surface area (Å²) in [5.74, 6) is 0.892. The highest BCUT2D eigenvalue weighted by Gasteiger charge is 2.09. The molecule has 0 saturated carbocycles. The van der Waals surface area contributed by atoms with Crippen LogP contribution >= 0.6 is 0 Å². The molecule has 112 valence electrons. The molecule has 20 heavy (non-hydrogen) atoms. The highest BCUT2D eigenvalue weighted by Crippen LogP contribution is 2.11. The van der Waals surface area contributed by atoms with Gasteiger partial charge in [-0.05, 0) is 45.4 Å². The van der Waals surface area contributed by atoms with Crippen molar-refractivity contribution in [3.05, 3.63) is 29.8 Å². The molecule has 4 heteroatoms. The van der Waals surface area contributed by atoms with E-state index >= 15 is 0 Å². The smallest absolute Gasteiger partial charge is 0.221 e. The van der Waals surface area contributed by atoms with E-state index in [1.165, 1.54) is 5.56 Å². The van der Waals surface area contributed by atoms with Gasteiger partial charge in [0.2, 0.25) is 5.91 Å². The zero-order valence-corrected chi connectivity index (χ0v) is 13.0. The Hall–Kier alpha value is -1.55. The number of rotatable bonds is 7. The molecule has 0 aliphatic carbocycles. The number of nitrogens with one attached hydrogen (secondary N) is 2. The predicted octanol–water partition coefficient (Wildman–Crippen LogP) is 2.27. The molecular weight excluding hydrogens is 252 g/mol. The van der Waals surface area contributed by atoms with Crippen molar-refractivity contribution in [2.75, 3.05) is 19.7 Å². The lowest BCUT2D eigenvalue weighted by Crippen LogP contribution is -2.39. The molecule has 0 saturated heterocycles. The van der Waals surface area contributed by atoms with Crippen molar-refractivity contribution < 1.29 is 9.53 Å². The fraction of sp³-hybridized carbons (Fsp3) is 0.562. The van der Waals surface area contributed by atoms with Crippen molar-refractivity contribution >= 4 is 5.91 Å². The molecule has 1 amide bonds. The Bertz CT molecular complexity index is 425. The van der Waals surface area contributed by atoms with Gasteiger partial charge in [-0.15, -0.1) is 0 Å². The summed E-state index contributed by atoms with van der Waals surface area (Å²) in [6, 6.07) is 7.88. The van der Waals surface area contributed by atoms with Crippen LogP contribution in [0.5, 0.6) is 5.75 Å². The van der Waals surface area contributed by atoms with Gasteiger partial charge in [0.15, 0.2) is 0 Å². The minimum absolute atomic E-state index is 0.0502. The number of benzene rings is 1. The van der Waals surface area contributed by atoms with Crippen LogP contribution in [0.1, 0.15) is 32.8 Å². The Kier molecular flexibility index (Phi) is 6.52. The zero-order valence-electron chi connectivity index (χ0n) is 13.0. The van der Waals surface area contributed by atoms with E-state index in [9.17, 15) is 4.79 Å². The van der Waals surface area contributed by atoms with Crippen molar-refractivity contribution in [1.29, 1.82) is 0 Å². The molecule has 1 aromatic rings. The molecule has 0 atom stereocenters. The molecule has 0 radical (unpaired) electrons. The lowest BCUT2D eigenvalue weighted by atomic mass is 10.1. The molecule has 2 N–H and O–H groups in total. The third kappa shape index (κ3) is 7.79. The average Bonchev–Trinajstić information content (AvgIpc) is 2.33. The lowest BCUT2D eigenvalue weighted by Gasteiger charge is -2.20. The van der Waals surface area contributed by atoms with E-state index in [1.54, 1.807) is 0 Å². The van der Waals surface area contributed by atoms with Gasteiger partial charge < -0.3 is 15.4 Å². The van der Waals surface area contributed by atoms with E-state index in [0.717, 1.165) is 5.75 Å². The summed E-state index contributed by atoms with van der Waals surface area (Å²) < 4.78 is 5.57. The fourth-order valence-electron chi connectivity index (χ4n) is 1.70. The minimum atomic E-state index is 0.0502. The summed E-state index contributed by atoms with van der Waals surface area (Å²) in [5, 5.41) is 6.13. The van der Waals surface area contributed by atoms with Gasteiger partial charge in [-0.25, -0.2) is 0 Å². The van der Waals surface area contributed by atoms with E-state index in [-0.39, 0.29) is 11.4 Å². The van der Waals surface area contributed by atoms with E-state index in [2.05, 4.69) is 31.4 Å². The molecule has 0 aliphatic heterocycles. The summed E-state index contributed by atoms with van der Waals surface area (Å²) in [6.45, 7) is 9.98. The maximum Gasteiger partial charge on any atom is 0.221 e. The highest BCUT2D eigenvalue weighted by molar-refractivity contribution is 5.76. The molecule has 1 aromatic carbocycles. The number of carbonyl (C=O) groups excluding carboxylic acids is 1.